The van der Waals surface area contributed by atoms with Crippen LogP contribution in [0.1, 0.15) is 75.1 Å². The first-order valence-electron chi connectivity index (χ1n) is 13.8. The van der Waals surface area contributed by atoms with Crippen LogP contribution in [0, 0.1) is 5.92 Å². The standard InChI is InChI=1S/C31H40N2O4/c1-4-7-16-32(17-8-5-2)28(34)21-33-20-26(24-13-14-27-25(19-24)15-18-37-27)29(31(35)36)30(33)23-11-9-22(6-3)10-12-23/h9-15,18-19,26,29-30H,4-8,16-17,20-21H2,1-3H3,(H,35,36)/t26-,29+,30-/m1/s1. The number of hydrogen-bond donors (Lipinski definition) is 1. The van der Waals surface area contributed by atoms with Crippen LogP contribution in [0.25, 0.3) is 11.0 Å². The van der Waals surface area contributed by atoms with Crippen molar-refractivity contribution in [2.24, 2.45) is 5.92 Å². The fourth-order valence-electron chi connectivity index (χ4n) is 5.63. The number of aryl methyl sites for hydroxylation is 1. The minimum absolute atomic E-state index is 0.0900. The number of carbonyl (C=O) groups excluding carboxylic acids is 1. The Morgan fingerprint density at radius 2 is 1.65 bits per heavy atom. The van der Waals surface area contributed by atoms with E-state index in [2.05, 4.69) is 37.8 Å². The van der Waals surface area contributed by atoms with Crippen molar-refractivity contribution in [2.75, 3.05) is 26.2 Å². The number of aliphatic carboxylic acids is 1. The molecule has 0 bridgehead atoms. The van der Waals surface area contributed by atoms with E-state index in [1.807, 2.05) is 41.3 Å². The molecule has 1 aromatic heterocycles. The van der Waals surface area contributed by atoms with E-state index in [0.717, 1.165) is 67.3 Å². The van der Waals surface area contributed by atoms with Crippen LogP contribution >= 0.6 is 0 Å². The number of likely N-dealkylation sites (tertiary alicyclic amines) is 1. The van der Waals surface area contributed by atoms with Crippen molar-refractivity contribution in [2.45, 2.75) is 64.8 Å². The normalized spacial score (nSPS) is 19.9. The summed E-state index contributed by atoms with van der Waals surface area (Å²) in [5.74, 6) is -1.64. The Bertz CT molecular complexity index is 1180. The van der Waals surface area contributed by atoms with Gasteiger partial charge in [0, 0.05) is 37.0 Å². The number of rotatable bonds is 12. The molecular formula is C31H40N2O4. The molecule has 1 aliphatic heterocycles. The van der Waals surface area contributed by atoms with Crippen LogP contribution in [0.2, 0.25) is 0 Å². The molecule has 6 heteroatoms. The average molecular weight is 505 g/mol. The third kappa shape index (κ3) is 6.07. The fraction of sp³-hybridized carbons (Fsp3) is 0.484. The molecule has 0 saturated carbocycles. The van der Waals surface area contributed by atoms with E-state index >= 15 is 0 Å². The summed E-state index contributed by atoms with van der Waals surface area (Å²) in [5.41, 5.74) is 3.93. The van der Waals surface area contributed by atoms with Gasteiger partial charge in [-0.25, -0.2) is 0 Å². The number of benzene rings is 2. The molecule has 6 nitrogen and oxygen atoms in total. The lowest BCUT2D eigenvalue weighted by Crippen LogP contribution is -2.42. The second-order valence-electron chi connectivity index (χ2n) is 10.2. The molecule has 0 spiro atoms. The number of hydrogen-bond acceptors (Lipinski definition) is 4. The maximum Gasteiger partial charge on any atom is 0.309 e. The molecule has 1 N–H and O–H groups in total. The molecule has 1 amide bonds. The number of fused-ring (bicyclic) bond motifs is 1. The van der Waals surface area contributed by atoms with Gasteiger partial charge in [0.2, 0.25) is 5.91 Å². The summed E-state index contributed by atoms with van der Waals surface area (Å²) < 4.78 is 5.51. The maximum absolute atomic E-state index is 13.6. The predicted octanol–water partition coefficient (Wildman–Crippen LogP) is 6.27. The number of carbonyl (C=O) groups is 2. The van der Waals surface area contributed by atoms with Crippen molar-refractivity contribution in [3.05, 3.63) is 71.5 Å². The molecule has 37 heavy (non-hydrogen) atoms. The molecule has 2 heterocycles. The van der Waals surface area contributed by atoms with Gasteiger partial charge < -0.3 is 14.4 Å². The summed E-state index contributed by atoms with van der Waals surface area (Å²) in [6.45, 7) is 8.63. The zero-order chi connectivity index (χ0) is 26.4. The van der Waals surface area contributed by atoms with Crippen LogP contribution in [-0.2, 0) is 16.0 Å². The second kappa shape index (κ2) is 12.4. The molecule has 0 aliphatic carbocycles. The molecule has 1 saturated heterocycles. The summed E-state index contributed by atoms with van der Waals surface area (Å²) >= 11 is 0. The number of carboxylic acids is 1. The minimum atomic E-state index is -0.828. The quantitative estimate of drug-likeness (QED) is 0.315. The monoisotopic (exact) mass is 504 g/mol. The van der Waals surface area contributed by atoms with Crippen molar-refractivity contribution in [3.63, 3.8) is 0 Å². The van der Waals surface area contributed by atoms with Gasteiger partial charge in [0.1, 0.15) is 5.58 Å². The molecule has 198 valence electrons. The number of carboxylic acid groups (broad SMARTS) is 1. The Labute approximate surface area is 220 Å². The Morgan fingerprint density at radius 3 is 2.27 bits per heavy atom. The van der Waals surface area contributed by atoms with Crippen LogP contribution in [0.4, 0.5) is 0 Å². The van der Waals surface area contributed by atoms with Crippen molar-refractivity contribution >= 4 is 22.8 Å². The van der Waals surface area contributed by atoms with E-state index in [0.29, 0.717) is 6.54 Å². The first kappa shape index (κ1) is 26.9. The van der Waals surface area contributed by atoms with Gasteiger partial charge in [-0.15, -0.1) is 0 Å². The molecule has 3 atom stereocenters. The van der Waals surface area contributed by atoms with Crippen LogP contribution < -0.4 is 0 Å². The predicted molar refractivity (Wildman–Crippen MR) is 147 cm³/mol. The van der Waals surface area contributed by atoms with Crippen molar-refractivity contribution in [1.82, 2.24) is 9.80 Å². The van der Waals surface area contributed by atoms with E-state index < -0.39 is 11.9 Å². The highest BCUT2D eigenvalue weighted by atomic mass is 16.4. The summed E-state index contributed by atoms with van der Waals surface area (Å²) in [5, 5.41) is 11.5. The second-order valence-corrected chi connectivity index (χ2v) is 10.2. The Morgan fingerprint density at radius 1 is 0.973 bits per heavy atom. The Kier molecular flexibility index (Phi) is 9.04. The highest BCUT2D eigenvalue weighted by Gasteiger charge is 2.48. The van der Waals surface area contributed by atoms with Crippen LogP contribution in [0.15, 0.2) is 59.2 Å². The molecule has 2 aromatic carbocycles. The highest BCUT2D eigenvalue weighted by Crippen LogP contribution is 2.46. The zero-order valence-corrected chi connectivity index (χ0v) is 22.4. The van der Waals surface area contributed by atoms with Gasteiger partial charge >= 0.3 is 5.97 Å². The van der Waals surface area contributed by atoms with Gasteiger partial charge in [-0.05, 0) is 54.2 Å². The summed E-state index contributed by atoms with van der Waals surface area (Å²) in [6.07, 6.45) is 6.59. The summed E-state index contributed by atoms with van der Waals surface area (Å²) in [4.78, 5) is 30.5. The molecule has 1 aliphatic rings. The smallest absolute Gasteiger partial charge is 0.309 e. The SMILES string of the molecule is CCCCN(CCCC)C(=O)CN1C[C@H](c2ccc3occc3c2)[C@H](C(=O)O)[C@H]1c1ccc(CC)cc1. The maximum atomic E-state index is 13.6. The molecule has 0 radical (unpaired) electrons. The number of nitrogens with zero attached hydrogens (tertiary/aromatic N) is 2. The van der Waals surface area contributed by atoms with E-state index in [1.54, 1.807) is 6.26 Å². The van der Waals surface area contributed by atoms with E-state index in [-0.39, 0.29) is 24.4 Å². The average Bonchev–Trinajstić information content (AvgIpc) is 3.53. The van der Waals surface area contributed by atoms with Gasteiger partial charge in [0.15, 0.2) is 0 Å². The summed E-state index contributed by atoms with van der Waals surface area (Å²) in [7, 11) is 0. The molecule has 4 rings (SSSR count). The molecule has 3 aromatic rings. The van der Waals surface area contributed by atoms with Gasteiger partial charge in [-0.1, -0.05) is 63.9 Å². The Hall–Kier alpha value is -3.12. The first-order valence-corrected chi connectivity index (χ1v) is 13.8. The third-order valence-corrected chi connectivity index (χ3v) is 7.77. The van der Waals surface area contributed by atoms with Gasteiger partial charge in [-0.3, -0.25) is 14.5 Å². The minimum Gasteiger partial charge on any atom is -0.481 e. The van der Waals surface area contributed by atoms with Crippen LogP contribution in [0.3, 0.4) is 0 Å². The van der Waals surface area contributed by atoms with E-state index in [1.165, 1.54) is 5.56 Å². The largest absolute Gasteiger partial charge is 0.481 e. The number of furan rings is 1. The molecule has 0 unspecified atom stereocenters. The summed E-state index contributed by atoms with van der Waals surface area (Å²) in [6, 6.07) is 15.7. The van der Waals surface area contributed by atoms with Gasteiger partial charge in [0.05, 0.1) is 18.7 Å². The number of unbranched alkanes of at least 4 members (excludes halogenated alkanes) is 2. The number of amides is 1. The first-order chi connectivity index (χ1) is 18.0. The lowest BCUT2D eigenvalue weighted by molar-refractivity contribution is -0.144. The van der Waals surface area contributed by atoms with Gasteiger partial charge in [0.25, 0.3) is 0 Å². The highest BCUT2D eigenvalue weighted by molar-refractivity contribution is 5.80. The van der Waals surface area contributed by atoms with Crippen LogP contribution in [-0.4, -0.2) is 53.0 Å². The Balaban J connectivity index is 1.69. The fourth-order valence-corrected chi connectivity index (χ4v) is 5.63. The molecular weight excluding hydrogens is 464 g/mol. The lowest BCUT2D eigenvalue weighted by atomic mass is 9.82. The zero-order valence-electron chi connectivity index (χ0n) is 22.4. The molecule has 1 fully saturated rings. The van der Waals surface area contributed by atoms with Crippen LogP contribution in [0.5, 0.6) is 0 Å². The lowest BCUT2D eigenvalue weighted by Gasteiger charge is -2.30. The third-order valence-electron chi connectivity index (χ3n) is 7.77. The van der Waals surface area contributed by atoms with E-state index in [9.17, 15) is 14.7 Å². The van der Waals surface area contributed by atoms with Crippen molar-refractivity contribution in [1.29, 1.82) is 0 Å². The van der Waals surface area contributed by atoms with E-state index in [4.69, 9.17) is 4.42 Å². The van der Waals surface area contributed by atoms with Crippen molar-refractivity contribution < 1.29 is 19.1 Å². The topological polar surface area (TPSA) is 74.0 Å². The van der Waals surface area contributed by atoms with Crippen molar-refractivity contribution in [3.8, 4) is 0 Å². The van der Waals surface area contributed by atoms with Gasteiger partial charge in [-0.2, -0.15) is 0 Å².